The molecule has 0 aromatic heterocycles. The van der Waals surface area contributed by atoms with Crippen molar-refractivity contribution in [2.45, 2.75) is 0 Å². The number of hydrogen-bond donors (Lipinski definition) is 2. The quantitative estimate of drug-likeness (QED) is 0.268. The van der Waals surface area contributed by atoms with Crippen molar-refractivity contribution in [3.8, 4) is 0 Å². The normalized spacial score (nSPS) is 23.6. The molecule has 1 saturated heterocycles. The molecule has 0 aromatic rings. The van der Waals surface area contributed by atoms with Crippen molar-refractivity contribution in [3.05, 3.63) is 12.2 Å². The lowest BCUT2D eigenvalue weighted by molar-refractivity contribution is -0.130. The fourth-order valence-corrected chi connectivity index (χ4v) is 0.855. The molecule has 5 heteroatoms. The van der Waals surface area contributed by atoms with E-state index in [2.05, 4.69) is 6.58 Å². The van der Waals surface area contributed by atoms with Gasteiger partial charge in [0.2, 0.25) is 11.8 Å². The highest BCUT2D eigenvalue weighted by atomic mass is 16.2. The summed E-state index contributed by atoms with van der Waals surface area (Å²) in [6.45, 7) is 3.25. The van der Waals surface area contributed by atoms with Crippen LogP contribution < -0.4 is 11.1 Å². The zero-order chi connectivity index (χ0) is 8.59. The first-order chi connectivity index (χ1) is 5.04. The Morgan fingerprint density at radius 2 is 2.09 bits per heavy atom. The Labute approximate surface area is 62.2 Å². The Balaban J connectivity index is 2.98. The Morgan fingerprint density at radius 1 is 1.55 bits per heavy atom. The van der Waals surface area contributed by atoms with E-state index >= 15 is 0 Å². The smallest absolute Gasteiger partial charge is 0.254 e. The Bertz CT molecular complexity index is 269. The molecule has 0 radical (unpaired) electrons. The van der Waals surface area contributed by atoms with Gasteiger partial charge in [-0.05, 0) is 0 Å². The van der Waals surface area contributed by atoms with Gasteiger partial charge in [0.05, 0.1) is 0 Å². The van der Waals surface area contributed by atoms with Crippen LogP contribution in [0.3, 0.4) is 0 Å². The van der Waals surface area contributed by atoms with Crippen LogP contribution in [0, 0.1) is 5.92 Å². The number of nitrogens with one attached hydrogen (secondary N) is 1. The van der Waals surface area contributed by atoms with Crippen molar-refractivity contribution in [1.82, 2.24) is 5.32 Å². The van der Waals surface area contributed by atoms with Crippen molar-refractivity contribution in [1.29, 1.82) is 0 Å². The van der Waals surface area contributed by atoms with Gasteiger partial charge in [-0.2, -0.15) is 0 Å². The molecule has 5 nitrogen and oxygen atoms in total. The molecule has 3 amide bonds. The fraction of sp³-hybridized carbons (Fsp3) is 0.167. The largest absolute Gasteiger partial charge is 0.369 e. The predicted molar refractivity (Wildman–Crippen MR) is 35.0 cm³/mol. The Morgan fingerprint density at radius 3 is 2.27 bits per heavy atom. The van der Waals surface area contributed by atoms with Gasteiger partial charge in [-0.15, -0.1) is 0 Å². The topological polar surface area (TPSA) is 89.3 Å². The zero-order valence-electron chi connectivity index (χ0n) is 5.59. The minimum absolute atomic E-state index is 0.0810. The van der Waals surface area contributed by atoms with E-state index in [1.807, 2.05) is 5.32 Å². The molecule has 58 valence electrons. The first-order valence-electron chi connectivity index (χ1n) is 2.87. The van der Waals surface area contributed by atoms with Crippen LogP contribution in [-0.4, -0.2) is 17.7 Å². The molecule has 0 aliphatic carbocycles. The minimum atomic E-state index is -1.18. The van der Waals surface area contributed by atoms with Gasteiger partial charge >= 0.3 is 0 Å². The lowest BCUT2D eigenvalue weighted by atomic mass is 10.0. The molecule has 1 atom stereocenters. The van der Waals surface area contributed by atoms with Crippen molar-refractivity contribution < 1.29 is 14.4 Å². The van der Waals surface area contributed by atoms with Gasteiger partial charge in [0.15, 0.2) is 0 Å². The number of imide groups is 1. The molecule has 0 spiro atoms. The van der Waals surface area contributed by atoms with Crippen LogP contribution >= 0.6 is 0 Å². The standard InChI is InChI=1S/C6H6N2O3/c1-2-3(4(7)9)6(11)8-5(2)10/h3H,1H2,(H2,7,9)(H,8,10,11). The van der Waals surface area contributed by atoms with Crippen molar-refractivity contribution in [3.63, 3.8) is 0 Å². The van der Waals surface area contributed by atoms with E-state index in [0.717, 1.165) is 0 Å². The number of carbonyl (C=O) groups is 3. The lowest BCUT2D eigenvalue weighted by Gasteiger charge is -1.98. The van der Waals surface area contributed by atoms with E-state index in [4.69, 9.17) is 5.73 Å². The molecule has 3 N–H and O–H groups in total. The van der Waals surface area contributed by atoms with Gasteiger partial charge in [-0.3, -0.25) is 19.7 Å². The van der Waals surface area contributed by atoms with Gasteiger partial charge in [0, 0.05) is 5.57 Å². The molecule has 0 aromatic carbocycles. The van der Waals surface area contributed by atoms with Crippen LogP contribution in [0.5, 0.6) is 0 Å². The second-order valence-electron chi connectivity index (χ2n) is 2.18. The van der Waals surface area contributed by atoms with Crippen LogP contribution in [0.25, 0.3) is 0 Å². The Kier molecular flexibility index (Phi) is 1.48. The highest BCUT2D eigenvalue weighted by Crippen LogP contribution is 2.14. The molecule has 11 heavy (non-hydrogen) atoms. The van der Waals surface area contributed by atoms with Crippen LogP contribution in [0.4, 0.5) is 0 Å². The van der Waals surface area contributed by atoms with Gasteiger partial charge < -0.3 is 5.73 Å². The van der Waals surface area contributed by atoms with Crippen molar-refractivity contribution >= 4 is 17.7 Å². The maximum atomic E-state index is 10.7. The molecule has 1 rings (SSSR count). The summed E-state index contributed by atoms with van der Waals surface area (Å²) in [4.78, 5) is 31.9. The molecule has 1 fully saturated rings. The van der Waals surface area contributed by atoms with E-state index in [0.29, 0.717) is 0 Å². The van der Waals surface area contributed by atoms with Crippen molar-refractivity contribution in [2.24, 2.45) is 11.7 Å². The number of nitrogens with two attached hydrogens (primary N) is 1. The van der Waals surface area contributed by atoms with Crippen LogP contribution in [0.1, 0.15) is 0 Å². The summed E-state index contributed by atoms with van der Waals surface area (Å²) in [5.41, 5.74) is 4.75. The highest BCUT2D eigenvalue weighted by Gasteiger charge is 2.38. The molecular weight excluding hydrogens is 148 g/mol. The highest BCUT2D eigenvalue weighted by molar-refractivity contribution is 6.22. The first-order valence-corrected chi connectivity index (χ1v) is 2.87. The molecule has 1 heterocycles. The first kappa shape index (κ1) is 7.46. The molecule has 0 saturated carbocycles. The molecule has 1 aliphatic rings. The van der Waals surface area contributed by atoms with Crippen molar-refractivity contribution in [2.75, 3.05) is 0 Å². The van der Waals surface area contributed by atoms with Crippen LogP contribution in [-0.2, 0) is 14.4 Å². The average Bonchev–Trinajstić information content (AvgIpc) is 2.07. The maximum absolute atomic E-state index is 10.7. The number of hydrogen-bond acceptors (Lipinski definition) is 3. The summed E-state index contributed by atoms with van der Waals surface area (Å²) in [6, 6.07) is 0. The van der Waals surface area contributed by atoms with E-state index in [9.17, 15) is 14.4 Å². The molecule has 0 bridgehead atoms. The number of rotatable bonds is 1. The third kappa shape index (κ3) is 1.000. The van der Waals surface area contributed by atoms with E-state index in [1.54, 1.807) is 0 Å². The monoisotopic (exact) mass is 154 g/mol. The number of amides is 3. The van der Waals surface area contributed by atoms with Crippen LogP contribution in [0.2, 0.25) is 0 Å². The third-order valence-electron chi connectivity index (χ3n) is 1.42. The van der Waals surface area contributed by atoms with Gasteiger partial charge in [0.25, 0.3) is 5.91 Å². The third-order valence-corrected chi connectivity index (χ3v) is 1.42. The number of primary amides is 1. The molecular formula is C6H6N2O3. The van der Waals surface area contributed by atoms with Gasteiger partial charge in [-0.1, -0.05) is 6.58 Å². The Hall–Kier alpha value is -1.65. The summed E-state index contributed by atoms with van der Waals surface area (Å²) < 4.78 is 0. The van der Waals surface area contributed by atoms with Gasteiger partial charge in [-0.25, -0.2) is 0 Å². The summed E-state index contributed by atoms with van der Waals surface area (Å²) in [5.74, 6) is -3.34. The predicted octanol–water partition coefficient (Wildman–Crippen LogP) is -1.70. The average molecular weight is 154 g/mol. The van der Waals surface area contributed by atoms with Crippen LogP contribution in [0.15, 0.2) is 12.2 Å². The SMILES string of the molecule is C=C1C(=O)NC(=O)C1C(N)=O. The fourth-order valence-electron chi connectivity index (χ4n) is 0.855. The number of carbonyl (C=O) groups excluding carboxylic acids is 3. The van der Waals surface area contributed by atoms with E-state index in [-0.39, 0.29) is 5.57 Å². The summed E-state index contributed by atoms with van der Waals surface area (Å²) >= 11 is 0. The lowest BCUT2D eigenvalue weighted by Crippen LogP contribution is -2.30. The van der Waals surface area contributed by atoms with Gasteiger partial charge in [0.1, 0.15) is 5.92 Å². The molecule has 1 aliphatic heterocycles. The summed E-state index contributed by atoms with van der Waals surface area (Å²) in [5, 5.41) is 1.92. The second kappa shape index (κ2) is 2.19. The zero-order valence-corrected chi connectivity index (χ0v) is 5.59. The summed E-state index contributed by atoms with van der Waals surface area (Å²) in [6.07, 6.45) is 0. The van der Waals surface area contributed by atoms with E-state index < -0.39 is 23.6 Å². The maximum Gasteiger partial charge on any atom is 0.254 e. The molecule has 1 unspecified atom stereocenters. The summed E-state index contributed by atoms with van der Waals surface area (Å²) in [7, 11) is 0. The van der Waals surface area contributed by atoms with E-state index in [1.165, 1.54) is 0 Å². The second-order valence-corrected chi connectivity index (χ2v) is 2.18. The minimum Gasteiger partial charge on any atom is -0.369 e.